The molecule has 2 aromatic heterocycles. The molecule has 0 radical (unpaired) electrons. The van der Waals surface area contributed by atoms with Crippen LogP contribution in [0.4, 0.5) is 28.4 Å². The van der Waals surface area contributed by atoms with Gasteiger partial charge in [0.2, 0.25) is 0 Å². The number of anilines is 5. The van der Waals surface area contributed by atoms with Crippen molar-refractivity contribution >= 4 is 90.1 Å². The van der Waals surface area contributed by atoms with E-state index in [-0.39, 0.29) is 33.9 Å². The van der Waals surface area contributed by atoms with Gasteiger partial charge in [0.15, 0.2) is 0 Å². The molecule has 0 N–H and O–H groups in total. The highest BCUT2D eigenvalue weighted by Crippen LogP contribution is 2.56. The van der Waals surface area contributed by atoms with Gasteiger partial charge in [0, 0.05) is 67.2 Å². The van der Waals surface area contributed by atoms with E-state index in [0.29, 0.717) is 0 Å². The molecule has 9 aromatic rings. The van der Waals surface area contributed by atoms with Crippen molar-refractivity contribution in [3.8, 4) is 11.1 Å². The molecule has 4 nitrogen and oxygen atoms in total. The van der Waals surface area contributed by atoms with Gasteiger partial charge in [-0.05, 0) is 153 Å². The molecule has 7 aromatic carbocycles. The van der Waals surface area contributed by atoms with Gasteiger partial charge in [0.05, 0.1) is 0 Å². The summed E-state index contributed by atoms with van der Waals surface area (Å²) < 4.78 is 14.0. The number of para-hydroxylation sites is 2. The molecule has 2 aliphatic heterocycles. The van der Waals surface area contributed by atoms with Crippen molar-refractivity contribution in [3.63, 3.8) is 0 Å². The summed E-state index contributed by atoms with van der Waals surface area (Å²) in [5.41, 5.74) is 23.3. The van der Waals surface area contributed by atoms with E-state index in [2.05, 4.69) is 208 Å². The van der Waals surface area contributed by atoms with E-state index in [1.807, 2.05) is 0 Å². The third-order valence-corrected chi connectivity index (χ3v) is 17.4. The summed E-state index contributed by atoms with van der Waals surface area (Å²) in [6, 6.07) is 44.3. The van der Waals surface area contributed by atoms with Crippen LogP contribution in [0.25, 0.3) is 55.0 Å². The maximum atomic E-state index is 7.22. The van der Waals surface area contributed by atoms with Crippen LogP contribution in [0.1, 0.15) is 135 Å². The van der Waals surface area contributed by atoms with Crippen LogP contribution in [0.5, 0.6) is 0 Å². The maximum absolute atomic E-state index is 7.22. The van der Waals surface area contributed by atoms with E-state index in [4.69, 9.17) is 8.83 Å². The lowest BCUT2D eigenvalue weighted by molar-refractivity contribution is 0.331. The predicted octanol–water partition coefficient (Wildman–Crippen LogP) is 16.5. The van der Waals surface area contributed by atoms with Crippen LogP contribution in [0.3, 0.4) is 0 Å². The highest BCUT2D eigenvalue weighted by Gasteiger charge is 2.50. The summed E-state index contributed by atoms with van der Waals surface area (Å²) in [6.45, 7) is 28.8. The average Bonchev–Trinajstić information content (AvgIpc) is 3.86. The van der Waals surface area contributed by atoms with Gasteiger partial charge in [-0.1, -0.05) is 137 Å². The molecule has 0 spiro atoms. The third-order valence-electron chi connectivity index (χ3n) is 17.4. The highest BCUT2D eigenvalue weighted by molar-refractivity contribution is 6.94. The van der Waals surface area contributed by atoms with Crippen LogP contribution >= 0.6 is 0 Å². The molecule has 5 heteroatoms. The molecule has 0 amide bonds. The molecule has 0 saturated carbocycles. The predicted molar refractivity (Wildman–Crippen MR) is 289 cm³/mol. The highest BCUT2D eigenvalue weighted by atomic mass is 16.3. The van der Waals surface area contributed by atoms with Gasteiger partial charge >= 0.3 is 6.85 Å². The van der Waals surface area contributed by atoms with Crippen LogP contribution in [0, 0.1) is 6.92 Å². The fourth-order valence-corrected chi connectivity index (χ4v) is 13.1. The molecule has 0 saturated heterocycles. The van der Waals surface area contributed by atoms with E-state index in [9.17, 15) is 0 Å². The minimum atomic E-state index is -0.182. The Kier molecular flexibility index (Phi) is 8.34. The Bertz CT molecular complexity index is 3650. The summed E-state index contributed by atoms with van der Waals surface area (Å²) in [7, 11) is 0. The van der Waals surface area contributed by atoms with E-state index in [0.717, 1.165) is 80.1 Å². The third kappa shape index (κ3) is 5.74. The number of hydrogen-bond donors (Lipinski definition) is 0. The Hall–Kier alpha value is -6.20. The van der Waals surface area contributed by atoms with Crippen molar-refractivity contribution in [3.05, 3.63) is 149 Å². The van der Waals surface area contributed by atoms with Gasteiger partial charge in [-0.2, -0.15) is 0 Å². The Morgan fingerprint density at radius 2 is 1.04 bits per heavy atom. The molecule has 68 heavy (non-hydrogen) atoms. The minimum absolute atomic E-state index is 0.0000536. The molecule has 13 rings (SSSR count). The number of furan rings is 2. The number of rotatable bonds is 2. The second-order valence-electron chi connectivity index (χ2n) is 24.7. The lowest BCUT2D eigenvalue weighted by atomic mass is 9.42. The topological polar surface area (TPSA) is 32.8 Å². The SMILES string of the molecule is Cc1cc2c(cc1N1c3cc4c(cc3B3c5c1cc1c(oc6ccccc61)c5-c1cc5c(cc1N3c1ccc(C(C)(C)C)cc1)oc1ccccc15)C(C)(C)CCC4(C)C)C(C)(C)CCC2(C)C. The van der Waals surface area contributed by atoms with E-state index in [1.54, 1.807) is 0 Å². The van der Waals surface area contributed by atoms with Crippen molar-refractivity contribution in [2.45, 2.75) is 136 Å². The molecule has 0 bridgehead atoms. The summed E-state index contributed by atoms with van der Waals surface area (Å²) >= 11 is 0. The first-order chi connectivity index (χ1) is 32.2. The Morgan fingerprint density at radius 3 is 1.66 bits per heavy atom. The number of nitrogens with zero attached hydrogens (tertiary/aromatic N) is 2. The molecule has 0 unspecified atom stereocenters. The normalized spacial score (nSPS) is 18.4. The van der Waals surface area contributed by atoms with Crippen molar-refractivity contribution < 1.29 is 8.83 Å². The minimum Gasteiger partial charge on any atom is -0.456 e. The van der Waals surface area contributed by atoms with Gasteiger partial charge in [0.25, 0.3) is 0 Å². The van der Waals surface area contributed by atoms with E-state index < -0.39 is 0 Å². The van der Waals surface area contributed by atoms with Crippen molar-refractivity contribution in [1.82, 2.24) is 0 Å². The van der Waals surface area contributed by atoms with Crippen LogP contribution in [0.2, 0.25) is 0 Å². The van der Waals surface area contributed by atoms with Crippen molar-refractivity contribution in [2.75, 3.05) is 9.71 Å². The fourth-order valence-electron chi connectivity index (χ4n) is 13.1. The van der Waals surface area contributed by atoms with Gasteiger partial charge in [-0.3, -0.25) is 0 Å². The average molecular weight is 891 g/mol. The first kappa shape index (κ1) is 41.9. The van der Waals surface area contributed by atoms with Gasteiger partial charge in [-0.25, -0.2) is 0 Å². The first-order valence-corrected chi connectivity index (χ1v) is 25.2. The number of aryl methyl sites for hydroxylation is 1. The van der Waals surface area contributed by atoms with Crippen LogP contribution in [-0.4, -0.2) is 6.85 Å². The molecule has 0 fully saturated rings. The Labute approximate surface area is 402 Å². The zero-order valence-corrected chi connectivity index (χ0v) is 42.1. The lowest BCUT2D eigenvalue weighted by Crippen LogP contribution is -2.62. The smallest absolute Gasteiger partial charge is 0.333 e. The molecular formula is C63H63BN2O2. The zero-order chi connectivity index (χ0) is 47.2. The zero-order valence-electron chi connectivity index (χ0n) is 42.1. The first-order valence-electron chi connectivity index (χ1n) is 25.2. The molecule has 2 aliphatic carbocycles. The number of hydrogen-bond acceptors (Lipinski definition) is 4. The van der Waals surface area contributed by atoms with Crippen molar-refractivity contribution in [2.24, 2.45) is 0 Å². The molecular weight excluding hydrogens is 828 g/mol. The molecule has 4 aliphatic rings. The summed E-state index contributed by atoms with van der Waals surface area (Å²) in [5, 5.41) is 4.52. The number of benzene rings is 7. The summed E-state index contributed by atoms with van der Waals surface area (Å²) in [5.74, 6) is 0. The second-order valence-corrected chi connectivity index (χ2v) is 24.7. The van der Waals surface area contributed by atoms with Gasteiger partial charge < -0.3 is 18.5 Å². The fraction of sp³-hybridized carbons (Fsp3) is 0.333. The van der Waals surface area contributed by atoms with Crippen molar-refractivity contribution in [1.29, 1.82) is 0 Å². The standard InChI is InChI=1S/C63H63BN2O2/c1-36-29-44-46(62(9,10)27-25-60(44,5)6)33-49(36)65-51-34-47-45(61(7,8)26-28-63(47,11)12)32-48(51)64-57-52(65)31-42-40-18-14-16-20-54(40)68-58(42)56(57)43-30-41-39-17-13-15-19-53(39)67-55(41)35-50(43)66(64)38-23-21-37(22-24-38)59(2,3)4/h13-24,29-35H,25-28H2,1-12H3. The monoisotopic (exact) mass is 890 g/mol. The van der Waals surface area contributed by atoms with Crippen LogP contribution in [0.15, 0.2) is 124 Å². The Morgan fingerprint density at radius 1 is 0.500 bits per heavy atom. The summed E-state index contributed by atoms with van der Waals surface area (Å²) in [4.78, 5) is 5.36. The molecule has 0 atom stereocenters. The van der Waals surface area contributed by atoms with E-state index in [1.165, 1.54) is 73.4 Å². The molecule has 4 heterocycles. The second kappa shape index (κ2) is 13.5. The van der Waals surface area contributed by atoms with Crippen LogP contribution in [-0.2, 0) is 27.1 Å². The lowest BCUT2D eigenvalue weighted by Gasteiger charge is -2.49. The van der Waals surface area contributed by atoms with Crippen LogP contribution < -0.4 is 20.6 Å². The van der Waals surface area contributed by atoms with Gasteiger partial charge in [0.1, 0.15) is 22.3 Å². The maximum Gasteiger partial charge on any atom is 0.333 e. The largest absolute Gasteiger partial charge is 0.456 e. The number of fused-ring (bicyclic) bond motifs is 13. The quantitative estimate of drug-likeness (QED) is 0.162. The Balaban J connectivity index is 1.23. The molecule has 340 valence electrons. The van der Waals surface area contributed by atoms with E-state index >= 15 is 0 Å². The van der Waals surface area contributed by atoms with Gasteiger partial charge in [-0.15, -0.1) is 0 Å². The summed E-state index contributed by atoms with van der Waals surface area (Å²) in [6.07, 6.45) is 4.62.